The molecule has 1 aliphatic heterocycles. The lowest BCUT2D eigenvalue weighted by atomic mass is 9.45. The predicted octanol–water partition coefficient (Wildman–Crippen LogP) is 8.17. The van der Waals surface area contributed by atoms with E-state index in [4.69, 9.17) is 0 Å². The van der Waals surface area contributed by atoms with Crippen molar-refractivity contribution in [3.05, 3.63) is 47.9 Å². The summed E-state index contributed by atoms with van der Waals surface area (Å²) in [6, 6.07) is 0. The van der Waals surface area contributed by atoms with Crippen LogP contribution < -0.4 is 5.32 Å². The molecule has 3 fully saturated rings. The molecule has 2 nitrogen and oxygen atoms in total. The Bertz CT molecular complexity index is 895. The van der Waals surface area contributed by atoms with Gasteiger partial charge in [-0.25, -0.2) is 0 Å². The van der Waals surface area contributed by atoms with Crippen LogP contribution in [0.1, 0.15) is 98.8 Å². The van der Waals surface area contributed by atoms with Gasteiger partial charge < -0.3 is 10.4 Å². The smallest absolute Gasteiger partial charge is 0.0660 e. The number of aliphatic hydroxyl groups is 1. The molecule has 0 amide bonds. The van der Waals surface area contributed by atoms with Gasteiger partial charge in [-0.1, -0.05) is 77.7 Å². The van der Waals surface area contributed by atoms with Gasteiger partial charge >= 0.3 is 0 Å². The number of hydrogen-bond acceptors (Lipinski definition) is 2. The van der Waals surface area contributed by atoms with Crippen molar-refractivity contribution in [1.29, 1.82) is 0 Å². The van der Waals surface area contributed by atoms with Gasteiger partial charge in [0.15, 0.2) is 0 Å². The molecule has 3 saturated carbocycles. The third-order valence-corrected chi connectivity index (χ3v) is 11.6. The van der Waals surface area contributed by atoms with Crippen LogP contribution >= 0.6 is 0 Å². The first kappa shape index (κ1) is 25.4. The van der Waals surface area contributed by atoms with Crippen LogP contribution in [-0.2, 0) is 0 Å². The average Bonchev–Trinajstić information content (AvgIpc) is 2.97. The Morgan fingerprint density at radius 1 is 0.971 bits per heavy atom. The summed E-state index contributed by atoms with van der Waals surface area (Å²) < 4.78 is 0. The summed E-state index contributed by atoms with van der Waals surface area (Å²) in [5.41, 5.74) is 3.49. The molecule has 2 heteroatoms. The third-order valence-electron chi connectivity index (χ3n) is 11.6. The number of fused-ring (bicyclic) bond motifs is 5. The molecule has 0 aromatic carbocycles. The van der Waals surface area contributed by atoms with E-state index in [9.17, 15) is 5.11 Å². The molecule has 194 valence electrons. The molecule has 35 heavy (non-hydrogen) atoms. The first-order chi connectivity index (χ1) is 16.8. The minimum atomic E-state index is -0.277. The third kappa shape index (κ3) is 4.41. The molecule has 1 heterocycles. The highest BCUT2D eigenvalue weighted by Crippen LogP contribution is 2.68. The number of allylic oxidation sites excluding steroid dienone is 5. The van der Waals surface area contributed by atoms with Crippen LogP contribution in [0.4, 0.5) is 0 Å². The highest BCUT2D eigenvalue weighted by Gasteiger charge is 2.60. The highest BCUT2D eigenvalue weighted by atomic mass is 16.3. The molecular weight excluding hydrogens is 426 g/mol. The quantitative estimate of drug-likeness (QED) is 0.378. The Labute approximate surface area is 215 Å². The van der Waals surface area contributed by atoms with E-state index in [1.807, 2.05) is 12.3 Å². The SMILES string of the molecule is CC(C)CCC[C@@H](C)[C@H]1CC[C@H]2[C@@H]3CC=C4C(C5=CC=CC=CN5)[C@@H](O)CC[C@]4(C)[C@H]3CC[C@]12C. The van der Waals surface area contributed by atoms with Crippen LogP contribution in [-0.4, -0.2) is 11.2 Å². The van der Waals surface area contributed by atoms with Crippen molar-refractivity contribution in [3.8, 4) is 0 Å². The molecule has 5 rings (SSSR count). The zero-order valence-electron chi connectivity index (χ0n) is 23.1. The van der Waals surface area contributed by atoms with Gasteiger partial charge in [-0.15, -0.1) is 0 Å². The molecule has 1 unspecified atom stereocenters. The molecule has 4 aliphatic carbocycles. The van der Waals surface area contributed by atoms with Crippen LogP contribution in [0.25, 0.3) is 0 Å². The van der Waals surface area contributed by atoms with E-state index in [1.54, 1.807) is 5.57 Å². The maximum absolute atomic E-state index is 11.2. The Morgan fingerprint density at radius 3 is 2.60 bits per heavy atom. The Balaban J connectivity index is 1.38. The summed E-state index contributed by atoms with van der Waals surface area (Å²) in [4.78, 5) is 0. The fourth-order valence-electron chi connectivity index (χ4n) is 9.82. The van der Waals surface area contributed by atoms with Gasteiger partial charge in [0.25, 0.3) is 0 Å². The standard InChI is InChI=1S/C33H51NO/c1-22(2)10-9-11-23(3)25-15-16-26-24-13-14-28-31(29-12-7-6-8-21-34-29)30(35)18-20-33(28,5)27(24)17-19-32(25,26)4/h6-8,12,14,21-27,30-31,34-35H,9-11,13,15-20H2,1-5H3/t23-,24+,25-,26+,27+,30+,31?,32-,33-/m1/s1. The van der Waals surface area contributed by atoms with Gasteiger partial charge in [0.1, 0.15) is 0 Å². The molecule has 0 saturated heterocycles. The monoisotopic (exact) mass is 477 g/mol. The van der Waals surface area contributed by atoms with Crippen molar-refractivity contribution < 1.29 is 5.11 Å². The average molecular weight is 478 g/mol. The van der Waals surface area contributed by atoms with Gasteiger partial charge in [0, 0.05) is 17.8 Å². The number of nitrogens with one attached hydrogen (secondary N) is 1. The largest absolute Gasteiger partial charge is 0.392 e. The van der Waals surface area contributed by atoms with Gasteiger partial charge in [0.2, 0.25) is 0 Å². The van der Waals surface area contributed by atoms with Crippen LogP contribution in [0.15, 0.2) is 47.9 Å². The molecule has 0 aromatic rings. The normalized spacial score (nSPS) is 43.4. The van der Waals surface area contributed by atoms with Crippen LogP contribution in [0.3, 0.4) is 0 Å². The molecule has 0 spiro atoms. The summed E-state index contributed by atoms with van der Waals surface area (Å²) in [5, 5.41) is 14.7. The molecule has 9 atom stereocenters. The van der Waals surface area contributed by atoms with Crippen molar-refractivity contribution in [2.75, 3.05) is 0 Å². The zero-order chi connectivity index (χ0) is 24.8. The van der Waals surface area contributed by atoms with E-state index in [1.165, 1.54) is 57.1 Å². The summed E-state index contributed by atoms with van der Waals surface area (Å²) in [7, 11) is 0. The van der Waals surface area contributed by atoms with E-state index >= 15 is 0 Å². The van der Waals surface area contributed by atoms with Crippen molar-refractivity contribution >= 4 is 0 Å². The number of rotatable bonds is 6. The van der Waals surface area contributed by atoms with Gasteiger partial charge in [-0.05, 0) is 103 Å². The van der Waals surface area contributed by atoms with Gasteiger partial charge in [-0.3, -0.25) is 0 Å². The van der Waals surface area contributed by atoms with Crippen LogP contribution in [0.5, 0.6) is 0 Å². The fraction of sp³-hybridized carbons (Fsp3) is 0.758. The van der Waals surface area contributed by atoms with Crippen LogP contribution in [0, 0.1) is 52.3 Å². The maximum atomic E-state index is 11.2. The molecule has 0 radical (unpaired) electrons. The lowest BCUT2D eigenvalue weighted by Crippen LogP contribution is -2.53. The second-order valence-corrected chi connectivity index (χ2v) is 13.8. The second-order valence-electron chi connectivity index (χ2n) is 13.8. The fourth-order valence-corrected chi connectivity index (χ4v) is 9.82. The number of aliphatic hydroxyl groups excluding tert-OH is 1. The van der Waals surface area contributed by atoms with Crippen molar-refractivity contribution in [2.24, 2.45) is 52.3 Å². The van der Waals surface area contributed by atoms with Gasteiger partial charge in [-0.2, -0.15) is 0 Å². The summed E-state index contributed by atoms with van der Waals surface area (Å²) in [6.45, 7) is 12.6. The molecule has 0 aromatic heterocycles. The van der Waals surface area contributed by atoms with E-state index in [2.05, 4.69) is 64.2 Å². The Morgan fingerprint density at radius 2 is 1.80 bits per heavy atom. The second kappa shape index (κ2) is 9.88. The molecule has 0 bridgehead atoms. The van der Waals surface area contributed by atoms with E-state index in [0.717, 1.165) is 48.3 Å². The molecule has 2 N–H and O–H groups in total. The minimum Gasteiger partial charge on any atom is -0.392 e. The zero-order valence-corrected chi connectivity index (χ0v) is 23.1. The maximum Gasteiger partial charge on any atom is 0.0660 e. The van der Waals surface area contributed by atoms with Gasteiger partial charge in [0.05, 0.1) is 6.10 Å². The van der Waals surface area contributed by atoms with Crippen molar-refractivity contribution in [1.82, 2.24) is 5.32 Å². The first-order valence-electron chi connectivity index (χ1n) is 14.9. The molecular formula is C33H51NO. The first-order valence-corrected chi connectivity index (χ1v) is 14.9. The van der Waals surface area contributed by atoms with Crippen molar-refractivity contribution in [2.45, 2.75) is 105 Å². The minimum absolute atomic E-state index is 0.118. The van der Waals surface area contributed by atoms with E-state index < -0.39 is 0 Å². The summed E-state index contributed by atoms with van der Waals surface area (Å²) in [5.74, 6) is 5.24. The van der Waals surface area contributed by atoms with E-state index in [0.29, 0.717) is 5.41 Å². The van der Waals surface area contributed by atoms with E-state index in [-0.39, 0.29) is 17.4 Å². The molecule has 5 aliphatic rings. The Kier molecular flexibility index (Phi) is 7.16. The summed E-state index contributed by atoms with van der Waals surface area (Å²) in [6.07, 6.45) is 26.0. The Hall–Kier alpha value is -1.28. The lowest BCUT2D eigenvalue weighted by molar-refractivity contribution is -0.0634. The highest BCUT2D eigenvalue weighted by molar-refractivity contribution is 5.37. The predicted molar refractivity (Wildman–Crippen MR) is 147 cm³/mol. The summed E-state index contributed by atoms with van der Waals surface area (Å²) >= 11 is 0. The lowest BCUT2D eigenvalue weighted by Gasteiger charge is -2.59. The van der Waals surface area contributed by atoms with Crippen molar-refractivity contribution in [3.63, 3.8) is 0 Å². The number of hydrogen-bond donors (Lipinski definition) is 2. The van der Waals surface area contributed by atoms with Crippen LogP contribution in [0.2, 0.25) is 0 Å². The topological polar surface area (TPSA) is 32.3 Å².